The maximum Gasteiger partial charge on any atom is 4.00 e. The quantitative estimate of drug-likeness (QED) is 0.0512. The summed E-state index contributed by atoms with van der Waals surface area (Å²) < 4.78 is 0. The first-order valence-corrected chi connectivity index (χ1v) is 20.0. The second kappa shape index (κ2) is 29.4. The number of hydrogen-bond acceptors (Lipinski definition) is 24. The molecule has 0 aromatic carbocycles. The van der Waals surface area contributed by atoms with E-state index in [1.54, 1.807) is 0 Å². The Bertz CT molecular complexity index is 1210. The van der Waals surface area contributed by atoms with Crippen LogP contribution in [0.2, 0.25) is 0 Å². The number of carbonyl (C=O) groups is 8. The molecule has 4 saturated carbocycles. The molecule has 0 amide bonds. The summed E-state index contributed by atoms with van der Waals surface area (Å²) in [7, 11) is 0. The van der Waals surface area contributed by atoms with Gasteiger partial charge in [-0.1, -0.05) is 77.0 Å². The van der Waals surface area contributed by atoms with Crippen LogP contribution in [0.5, 0.6) is 0 Å². The molecule has 0 aromatic rings. The third-order valence-electron chi connectivity index (χ3n) is 10.9. The van der Waals surface area contributed by atoms with Crippen LogP contribution in [0, 0.1) is 0 Å². The Balaban J connectivity index is 0.000000783. The van der Waals surface area contributed by atoms with Crippen LogP contribution >= 0.6 is 0 Å². The van der Waals surface area contributed by atoms with Crippen molar-refractivity contribution in [3.63, 3.8) is 0 Å². The fourth-order valence-electron chi connectivity index (χ4n) is 7.09. The van der Waals surface area contributed by atoms with Crippen LogP contribution in [0.25, 0.3) is 0 Å². The number of aliphatic carboxylic acids is 4. The van der Waals surface area contributed by atoms with Gasteiger partial charge in [-0.25, -0.2) is 19.2 Å². The van der Waals surface area contributed by atoms with E-state index >= 15 is 0 Å². The molecule has 0 bridgehead atoms. The van der Waals surface area contributed by atoms with Gasteiger partial charge in [-0.3, -0.25) is 0 Å². The SMILES string of the molecule is NCC1(NOC(=O)C(=O)[O-])CCCCC1.NCC1(NOC(=O)C(=O)[O-])CCCCC1.NCC1(NOC(=O)C(=O)[O-])CCCCC1.NCC1(NOC(=O)C(=O)[O-])CCCCC1.[Pt+4]. The maximum absolute atomic E-state index is 10.7. The molecule has 0 aromatic heterocycles. The largest absolute Gasteiger partial charge is 4.00 e. The van der Waals surface area contributed by atoms with Crippen molar-refractivity contribution in [2.45, 2.75) is 151 Å². The molecule has 0 saturated heterocycles. The molecule has 61 heavy (non-hydrogen) atoms. The first-order chi connectivity index (χ1) is 28.4. The number of nitrogens with one attached hydrogen (secondary N) is 4. The standard InChI is InChI=1S/4C9H16N2O4.Pt/c4*10-6-9(4-2-1-3-5-9)11-15-8(14)7(12)13;/h4*11H,1-6,10H2,(H,12,13);/q;;;;+4/p-4. The molecule has 0 aliphatic heterocycles. The molecule has 0 heterocycles. The molecule has 350 valence electrons. The summed E-state index contributed by atoms with van der Waals surface area (Å²) in [6.07, 6.45) is 18.7. The Morgan fingerprint density at radius 2 is 0.492 bits per heavy atom. The average Bonchev–Trinajstić information content (AvgIpc) is 3.27. The van der Waals surface area contributed by atoms with Crippen molar-refractivity contribution < 1.29 is 99.2 Å². The van der Waals surface area contributed by atoms with Crippen LogP contribution in [-0.2, 0) is 78.8 Å². The van der Waals surface area contributed by atoms with E-state index in [0.29, 0.717) is 26.2 Å². The van der Waals surface area contributed by atoms with Crippen molar-refractivity contribution >= 4 is 47.8 Å². The number of rotatable bonds is 12. The number of carboxylic acids is 4. The van der Waals surface area contributed by atoms with Crippen LogP contribution in [0.4, 0.5) is 0 Å². The Labute approximate surface area is 367 Å². The van der Waals surface area contributed by atoms with Gasteiger partial charge in [0.1, 0.15) is 0 Å². The fraction of sp³-hybridized carbons (Fsp3) is 0.778. The van der Waals surface area contributed by atoms with Crippen LogP contribution in [0.3, 0.4) is 0 Å². The molecular weight excluding hydrogens is 996 g/mol. The molecule has 12 N–H and O–H groups in total. The van der Waals surface area contributed by atoms with E-state index in [9.17, 15) is 58.8 Å². The zero-order chi connectivity index (χ0) is 45.2. The third-order valence-corrected chi connectivity index (χ3v) is 10.9. The fourth-order valence-corrected chi connectivity index (χ4v) is 7.09. The maximum atomic E-state index is 10.7. The van der Waals surface area contributed by atoms with Crippen LogP contribution in [0.15, 0.2) is 0 Å². The normalized spacial score (nSPS) is 19.2. The topological polar surface area (TPSA) is 418 Å². The number of nitrogens with two attached hydrogens (primary N) is 4. The predicted molar refractivity (Wildman–Crippen MR) is 196 cm³/mol. The third kappa shape index (κ3) is 21.2. The Kier molecular flexibility index (Phi) is 27.6. The summed E-state index contributed by atoms with van der Waals surface area (Å²) in [4.78, 5) is 101. The van der Waals surface area contributed by atoms with Gasteiger partial charge in [0, 0.05) is 26.2 Å². The van der Waals surface area contributed by atoms with Gasteiger partial charge < -0.3 is 81.9 Å². The van der Waals surface area contributed by atoms with Gasteiger partial charge >= 0.3 is 44.9 Å². The summed E-state index contributed by atoms with van der Waals surface area (Å²) in [6, 6.07) is 0. The molecule has 4 rings (SSSR count). The summed E-state index contributed by atoms with van der Waals surface area (Å²) in [5, 5.41) is 40.4. The van der Waals surface area contributed by atoms with Crippen molar-refractivity contribution in [1.82, 2.24) is 21.9 Å². The predicted octanol–water partition coefficient (Wildman–Crippen LogP) is -6.22. The zero-order valence-corrected chi connectivity index (χ0v) is 36.4. The van der Waals surface area contributed by atoms with Crippen LogP contribution in [-0.4, -0.2) is 96.1 Å². The second-order valence-electron chi connectivity index (χ2n) is 15.3. The number of hydrogen-bond donors (Lipinski definition) is 8. The average molecular weight is 1060 g/mol. The Hall–Kier alpha value is -3.87. The van der Waals surface area contributed by atoms with Crippen molar-refractivity contribution in [2.24, 2.45) is 22.9 Å². The van der Waals surface area contributed by atoms with Crippen molar-refractivity contribution in [3.05, 3.63) is 0 Å². The molecule has 25 heteroatoms. The van der Waals surface area contributed by atoms with Gasteiger partial charge in [0.05, 0.1) is 22.2 Å². The number of hydroxylamine groups is 4. The molecule has 0 spiro atoms. The molecule has 0 radical (unpaired) electrons. The van der Waals surface area contributed by atoms with Gasteiger partial charge in [0.2, 0.25) is 0 Å². The summed E-state index contributed by atoms with van der Waals surface area (Å²) in [5.41, 5.74) is 30.3. The van der Waals surface area contributed by atoms with E-state index < -0.39 is 69.9 Å². The van der Waals surface area contributed by atoms with Crippen LogP contribution < -0.4 is 65.3 Å². The molecule has 4 aliphatic rings. The summed E-state index contributed by atoms with van der Waals surface area (Å²) in [6.45, 7) is 1.25. The summed E-state index contributed by atoms with van der Waals surface area (Å²) >= 11 is 0. The van der Waals surface area contributed by atoms with Crippen molar-refractivity contribution in [1.29, 1.82) is 0 Å². The van der Waals surface area contributed by atoms with E-state index in [2.05, 4.69) is 41.3 Å². The van der Waals surface area contributed by atoms with E-state index in [4.69, 9.17) is 22.9 Å². The van der Waals surface area contributed by atoms with Crippen LogP contribution in [0.1, 0.15) is 128 Å². The van der Waals surface area contributed by atoms with E-state index in [1.807, 2.05) is 0 Å². The number of carbonyl (C=O) groups excluding carboxylic acids is 8. The van der Waals surface area contributed by atoms with Gasteiger partial charge in [-0.15, -0.1) is 21.9 Å². The zero-order valence-electron chi connectivity index (χ0n) is 34.1. The van der Waals surface area contributed by atoms with Gasteiger partial charge in [-0.2, -0.15) is 0 Å². The van der Waals surface area contributed by atoms with Gasteiger partial charge in [0.25, 0.3) is 0 Å². The smallest absolute Gasteiger partial charge is 0.539 e. The monoisotopic (exact) mass is 1060 g/mol. The molecular formula is C36H60N8O16Pt. The number of carboxylic acid groups (broad SMARTS) is 4. The first kappa shape index (κ1) is 57.1. The second-order valence-corrected chi connectivity index (χ2v) is 15.3. The van der Waals surface area contributed by atoms with Gasteiger partial charge in [-0.05, 0) is 51.4 Å². The first-order valence-electron chi connectivity index (χ1n) is 20.0. The molecule has 4 aliphatic carbocycles. The molecule has 0 atom stereocenters. The van der Waals surface area contributed by atoms with E-state index in [-0.39, 0.29) is 21.1 Å². The Morgan fingerprint density at radius 3 is 0.607 bits per heavy atom. The van der Waals surface area contributed by atoms with Gasteiger partial charge in [0.15, 0.2) is 23.9 Å². The molecule has 4 fully saturated rings. The minimum absolute atomic E-state index is 0. The minimum atomic E-state index is -1.86. The summed E-state index contributed by atoms with van der Waals surface area (Å²) in [5.74, 6) is -13.1. The van der Waals surface area contributed by atoms with Crippen molar-refractivity contribution in [3.8, 4) is 0 Å². The molecule has 0 unspecified atom stereocenters. The van der Waals surface area contributed by atoms with E-state index in [1.165, 1.54) is 0 Å². The molecule has 24 nitrogen and oxygen atoms in total. The minimum Gasteiger partial charge on any atom is -0.539 e. The van der Waals surface area contributed by atoms with Crippen molar-refractivity contribution in [2.75, 3.05) is 26.2 Å². The Morgan fingerprint density at radius 1 is 0.344 bits per heavy atom. The van der Waals surface area contributed by atoms with E-state index in [0.717, 1.165) is 128 Å².